The molecule has 1 heterocycles. The first kappa shape index (κ1) is 12.7. The van der Waals surface area contributed by atoms with Crippen molar-refractivity contribution in [3.63, 3.8) is 0 Å². The summed E-state index contributed by atoms with van der Waals surface area (Å²) in [6.45, 7) is 2.70. The first-order valence-corrected chi connectivity index (χ1v) is 5.82. The van der Waals surface area contributed by atoms with E-state index in [1.54, 1.807) is 11.9 Å². The molecule has 16 heavy (non-hydrogen) atoms. The molecule has 1 rings (SSSR count). The lowest BCUT2D eigenvalue weighted by atomic mass is 10.5. The maximum atomic E-state index is 11.5. The van der Waals surface area contributed by atoms with Crippen LogP contribution in [-0.2, 0) is 4.79 Å². The van der Waals surface area contributed by atoms with Crippen molar-refractivity contribution in [2.75, 3.05) is 25.5 Å². The number of carbonyl (C=O) groups is 1. The van der Waals surface area contributed by atoms with Gasteiger partial charge >= 0.3 is 0 Å². The van der Waals surface area contributed by atoms with Crippen molar-refractivity contribution in [2.24, 2.45) is 0 Å². The predicted molar refractivity (Wildman–Crippen MR) is 63.6 cm³/mol. The van der Waals surface area contributed by atoms with Gasteiger partial charge in [-0.2, -0.15) is 5.26 Å². The van der Waals surface area contributed by atoms with Crippen LogP contribution >= 0.6 is 22.9 Å². The van der Waals surface area contributed by atoms with Crippen LogP contribution in [0.2, 0.25) is 5.15 Å². The van der Waals surface area contributed by atoms with Crippen LogP contribution < -0.4 is 5.32 Å². The van der Waals surface area contributed by atoms with Gasteiger partial charge in [0.05, 0.1) is 6.54 Å². The van der Waals surface area contributed by atoms with Crippen molar-refractivity contribution in [3.8, 4) is 6.07 Å². The van der Waals surface area contributed by atoms with Crippen molar-refractivity contribution in [3.05, 3.63) is 10.0 Å². The summed E-state index contributed by atoms with van der Waals surface area (Å²) in [7, 11) is 1.72. The number of hydrogen-bond donors (Lipinski definition) is 1. The Morgan fingerprint density at radius 1 is 1.75 bits per heavy atom. The van der Waals surface area contributed by atoms with E-state index in [1.807, 2.05) is 13.0 Å². The Labute approximate surface area is 103 Å². The second-order valence-corrected chi connectivity index (χ2v) is 4.37. The van der Waals surface area contributed by atoms with Crippen LogP contribution in [0.5, 0.6) is 0 Å². The average molecular weight is 259 g/mol. The average Bonchev–Trinajstić information content (AvgIpc) is 2.65. The third-order valence-corrected chi connectivity index (χ3v) is 3.28. The number of halogens is 1. The molecule has 5 nitrogen and oxygen atoms in total. The van der Waals surface area contributed by atoms with Gasteiger partial charge in [0.25, 0.3) is 0 Å². The summed E-state index contributed by atoms with van der Waals surface area (Å²) in [6, 6.07) is 1.93. The lowest BCUT2D eigenvalue weighted by molar-refractivity contribution is -0.127. The van der Waals surface area contributed by atoms with Gasteiger partial charge in [-0.3, -0.25) is 4.79 Å². The molecule has 7 heteroatoms. The van der Waals surface area contributed by atoms with E-state index in [0.717, 1.165) is 11.3 Å². The highest BCUT2D eigenvalue weighted by molar-refractivity contribution is 7.16. The zero-order chi connectivity index (χ0) is 12.1. The summed E-state index contributed by atoms with van der Waals surface area (Å²) in [6.07, 6.45) is 0. The number of carbonyl (C=O) groups excluding carboxylic acids is 1. The Hall–Kier alpha value is -1.32. The molecule has 0 bridgehead atoms. The molecule has 0 saturated heterocycles. The fourth-order valence-electron chi connectivity index (χ4n) is 0.909. The van der Waals surface area contributed by atoms with Gasteiger partial charge in [0.15, 0.2) is 10.3 Å². The van der Waals surface area contributed by atoms with E-state index in [1.165, 1.54) is 0 Å². The van der Waals surface area contributed by atoms with Crippen molar-refractivity contribution < 1.29 is 4.79 Å². The van der Waals surface area contributed by atoms with E-state index in [0.29, 0.717) is 16.6 Å². The van der Waals surface area contributed by atoms with Gasteiger partial charge in [0.1, 0.15) is 10.9 Å². The maximum absolute atomic E-state index is 11.5. The third-order valence-electron chi connectivity index (χ3n) is 1.98. The number of aromatic nitrogens is 1. The molecule has 0 unspecified atom stereocenters. The SMILES string of the molecule is CCN(C)C(=O)CNc1nc(Cl)c(C#N)s1. The van der Waals surface area contributed by atoms with Gasteiger partial charge in [0, 0.05) is 13.6 Å². The van der Waals surface area contributed by atoms with Crippen molar-refractivity contribution in [1.82, 2.24) is 9.88 Å². The van der Waals surface area contributed by atoms with E-state index in [9.17, 15) is 4.79 Å². The fourth-order valence-corrected chi connectivity index (χ4v) is 1.85. The van der Waals surface area contributed by atoms with Crippen LogP contribution in [0.15, 0.2) is 0 Å². The molecular formula is C9H11ClN4OS. The summed E-state index contributed by atoms with van der Waals surface area (Å²) >= 11 is 6.83. The molecule has 0 atom stereocenters. The van der Waals surface area contributed by atoms with Gasteiger partial charge in [0.2, 0.25) is 5.91 Å². The Kier molecular flexibility index (Phi) is 4.52. The Balaban J connectivity index is 2.55. The summed E-state index contributed by atoms with van der Waals surface area (Å²) < 4.78 is 0. The largest absolute Gasteiger partial charge is 0.352 e. The minimum Gasteiger partial charge on any atom is -0.352 e. The van der Waals surface area contributed by atoms with Gasteiger partial charge in [-0.1, -0.05) is 22.9 Å². The summed E-state index contributed by atoms with van der Waals surface area (Å²) in [4.78, 5) is 17.3. The molecule has 0 spiro atoms. The van der Waals surface area contributed by atoms with Crippen molar-refractivity contribution >= 4 is 34.0 Å². The highest BCUT2D eigenvalue weighted by atomic mass is 35.5. The van der Waals surface area contributed by atoms with Crippen molar-refractivity contribution in [1.29, 1.82) is 5.26 Å². The molecule has 1 aromatic heterocycles. The lowest BCUT2D eigenvalue weighted by Crippen LogP contribution is -2.31. The van der Waals surface area contributed by atoms with E-state index < -0.39 is 0 Å². The first-order valence-electron chi connectivity index (χ1n) is 4.62. The van der Waals surface area contributed by atoms with Crippen LogP contribution in [0.1, 0.15) is 11.8 Å². The summed E-state index contributed by atoms with van der Waals surface area (Å²) in [5, 5.41) is 12.2. The number of nitrogens with zero attached hydrogens (tertiary/aromatic N) is 3. The number of rotatable bonds is 4. The van der Waals surface area contributed by atoms with Gasteiger partial charge in [-0.25, -0.2) is 4.98 Å². The number of thiazole rings is 1. The van der Waals surface area contributed by atoms with Crippen molar-refractivity contribution in [2.45, 2.75) is 6.92 Å². The molecule has 0 saturated carbocycles. The standard InChI is InChI=1S/C9H11ClN4OS/c1-3-14(2)7(15)5-12-9-13-8(10)6(4-11)16-9/h3,5H2,1-2H3,(H,12,13). The Bertz CT molecular complexity index is 426. The topological polar surface area (TPSA) is 69.0 Å². The summed E-state index contributed by atoms with van der Waals surface area (Å²) in [5.41, 5.74) is 0. The molecular weight excluding hydrogens is 248 g/mol. The molecule has 0 aliphatic heterocycles. The molecule has 86 valence electrons. The molecule has 0 aromatic carbocycles. The zero-order valence-corrected chi connectivity index (χ0v) is 10.5. The van der Waals surface area contributed by atoms with Gasteiger partial charge in [-0.05, 0) is 6.92 Å². The lowest BCUT2D eigenvalue weighted by Gasteiger charge is -2.14. The first-order chi connectivity index (χ1) is 7.58. The quantitative estimate of drug-likeness (QED) is 0.890. The minimum absolute atomic E-state index is 0.0349. The molecule has 0 aliphatic carbocycles. The van der Waals surface area contributed by atoms with E-state index in [2.05, 4.69) is 10.3 Å². The Morgan fingerprint density at radius 3 is 2.94 bits per heavy atom. The number of hydrogen-bond acceptors (Lipinski definition) is 5. The highest BCUT2D eigenvalue weighted by Gasteiger charge is 2.10. The second kappa shape index (κ2) is 5.68. The molecule has 1 amide bonds. The van der Waals surface area contributed by atoms with E-state index in [-0.39, 0.29) is 17.6 Å². The number of nitriles is 1. The van der Waals surface area contributed by atoms with E-state index in [4.69, 9.17) is 16.9 Å². The van der Waals surface area contributed by atoms with Crippen LogP contribution in [-0.4, -0.2) is 35.9 Å². The van der Waals surface area contributed by atoms with Crippen LogP contribution in [0.3, 0.4) is 0 Å². The molecule has 0 fully saturated rings. The number of amides is 1. The fraction of sp³-hybridized carbons (Fsp3) is 0.444. The molecule has 1 N–H and O–H groups in total. The van der Waals surface area contributed by atoms with Gasteiger partial charge in [-0.15, -0.1) is 0 Å². The number of nitrogens with one attached hydrogen (secondary N) is 1. The normalized spacial score (nSPS) is 9.62. The smallest absolute Gasteiger partial charge is 0.241 e. The predicted octanol–water partition coefficient (Wildman–Crippen LogP) is 1.56. The van der Waals surface area contributed by atoms with E-state index >= 15 is 0 Å². The second-order valence-electron chi connectivity index (χ2n) is 3.01. The Morgan fingerprint density at radius 2 is 2.44 bits per heavy atom. The third kappa shape index (κ3) is 3.08. The van der Waals surface area contributed by atoms with Crippen LogP contribution in [0.25, 0.3) is 0 Å². The minimum atomic E-state index is -0.0349. The molecule has 0 aliphatic rings. The monoisotopic (exact) mass is 258 g/mol. The maximum Gasteiger partial charge on any atom is 0.241 e. The van der Waals surface area contributed by atoms with Crippen LogP contribution in [0.4, 0.5) is 5.13 Å². The zero-order valence-electron chi connectivity index (χ0n) is 8.95. The molecule has 1 aromatic rings. The highest BCUT2D eigenvalue weighted by Crippen LogP contribution is 2.25. The number of anilines is 1. The summed E-state index contributed by atoms with van der Waals surface area (Å²) in [5.74, 6) is -0.0349. The van der Waals surface area contributed by atoms with Gasteiger partial charge < -0.3 is 10.2 Å². The van der Waals surface area contributed by atoms with Crippen LogP contribution in [0, 0.1) is 11.3 Å². The molecule has 0 radical (unpaired) electrons. The number of likely N-dealkylation sites (N-methyl/N-ethyl adjacent to an activating group) is 1.